The minimum absolute atomic E-state index is 0.00616. The van der Waals surface area contributed by atoms with Crippen molar-refractivity contribution >= 4 is 6.29 Å². The van der Waals surface area contributed by atoms with Gasteiger partial charge < -0.3 is 9.84 Å². The first-order valence-electron chi connectivity index (χ1n) is 3.58. The third kappa shape index (κ3) is 1.75. The van der Waals surface area contributed by atoms with Gasteiger partial charge >= 0.3 is 0 Å². The van der Waals surface area contributed by atoms with E-state index in [2.05, 4.69) is 0 Å². The zero-order valence-corrected chi connectivity index (χ0v) is 6.78. The lowest BCUT2D eigenvalue weighted by Gasteiger charge is -2.01. The van der Waals surface area contributed by atoms with Crippen molar-refractivity contribution in [1.29, 1.82) is 0 Å². The van der Waals surface area contributed by atoms with Crippen molar-refractivity contribution in [1.82, 2.24) is 0 Å². The predicted octanol–water partition coefficient (Wildman–Crippen LogP) is 1.49. The first kappa shape index (κ1) is 8.59. The quantitative estimate of drug-likeness (QED) is 0.632. The fraction of sp³-hybridized carbons (Fsp3) is 0.222. The lowest BCUT2D eigenvalue weighted by atomic mass is 10.2. The maximum Gasteiger partial charge on any atom is 0.158 e. The highest BCUT2D eigenvalue weighted by molar-refractivity contribution is 5.78. The highest BCUT2D eigenvalue weighted by Gasteiger charge is 2.06. The maximum absolute atomic E-state index is 10.4. The second kappa shape index (κ2) is 3.76. The maximum atomic E-state index is 10.4. The standard InChI is InChI=1S/C9H10O3/c1-12-9-4-2-3-7(6-10)5-8(9)11/h3-6,11H,2H2,1H3. The lowest BCUT2D eigenvalue weighted by Crippen LogP contribution is -1.91. The van der Waals surface area contributed by atoms with Gasteiger partial charge in [-0.2, -0.15) is 0 Å². The average molecular weight is 166 g/mol. The van der Waals surface area contributed by atoms with Crippen LogP contribution < -0.4 is 0 Å². The van der Waals surface area contributed by atoms with Gasteiger partial charge in [0.15, 0.2) is 11.5 Å². The number of allylic oxidation sites excluding steroid dienone is 4. The van der Waals surface area contributed by atoms with E-state index in [0.717, 1.165) is 0 Å². The smallest absolute Gasteiger partial charge is 0.158 e. The van der Waals surface area contributed by atoms with E-state index in [1.165, 1.54) is 13.2 Å². The zero-order chi connectivity index (χ0) is 8.97. The summed E-state index contributed by atoms with van der Waals surface area (Å²) in [6.07, 6.45) is 6.10. The van der Waals surface area contributed by atoms with Crippen molar-refractivity contribution < 1.29 is 14.6 Å². The molecule has 0 bridgehead atoms. The number of rotatable bonds is 2. The summed E-state index contributed by atoms with van der Waals surface area (Å²) < 4.78 is 4.87. The van der Waals surface area contributed by atoms with Crippen molar-refractivity contribution in [3.63, 3.8) is 0 Å². The molecular formula is C9H10O3. The van der Waals surface area contributed by atoms with Crippen LogP contribution in [0.1, 0.15) is 6.42 Å². The van der Waals surface area contributed by atoms with E-state index in [4.69, 9.17) is 4.74 Å². The molecule has 0 aromatic carbocycles. The minimum Gasteiger partial charge on any atom is -0.504 e. The Hall–Kier alpha value is -1.51. The Bertz CT molecular complexity index is 271. The van der Waals surface area contributed by atoms with Gasteiger partial charge in [0.05, 0.1) is 7.11 Å². The largest absolute Gasteiger partial charge is 0.504 e. The first-order valence-corrected chi connectivity index (χ1v) is 3.58. The van der Waals surface area contributed by atoms with Gasteiger partial charge in [0.2, 0.25) is 0 Å². The molecule has 0 radical (unpaired) electrons. The summed E-state index contributed by atoms with van der Waals surface area (Å²) >= 11 is 0. The first-order chi connectivity index (χ1) is 5.77. The molecule has 3 nitrogen and oxygen atoms in total. The van der Waals surface area contributed by atoms with Crippen LogP contribution in [0.15, 0.2) is 35.3 Å². The van der Waals surface area contributed by atoms with Crippen LogP contribution in [-0.4, -0.2) is 18.5 Å². The van der Waals surface area contributed by atoms with E-state index in [1.54, 1.807) is 12.2 Å². The third-order valence-corrected chi connectivity index (χ3v) is 1.57. The number of carbonyl (C=O) groups excluding carboxylic acids is 1. The summed E-state index contributed by atoms with van der Waals surface area (Å²) in [5.41, 5.74) is 0.468. The van der Waals surface area contributed by atoms with Crippen LogP contribution in [0, 0.1) is 0 Å². The van der Waals surface area contributed by atoms with Crippen molar-refractivity contribution in [2.75, 3.05) is 7.11 Å². The van der Waals surface area contributed by atoms with Crippen molar-refractivity contribution in [3.8, 4) is 0 Å². The van der Waals surface area contributed by atoms with Gasteiger partial charge in [-0.05, 0) is 18.6 Å². The second-order valence-electron chi connectivity index (χ2n) is 2.36. The summed E-state index contributed by atoms with van der Waals surface area (Å²) in [7, 11) is 1.47. The highest BCUT2D eigenvalue weighted by atomic mass is 16.5. The SMILES string of the molecule is COC1=CCC=C(C=O)C=C1O. The number of aliphatic hydroxyl groups excluding tert-OH is 1. The van der Waals surface area contributed by atoms with Gasteiger partial charge in [0, 0.05) is 5.57 Å². The number of aliphatic hydroxyl groups is 1. The van der Waals surface area contributed by atoms with E-state index in [-0.39, 0.29) is 5.76 Å². The molecule has 1 aliphatic rings. The van der Waals surface area contributed by atoms with Gasteiger partial charge in [-0.25, -0.2) is 0 Å². The molecule has 0 unspecified atom stereocenters. The van der Waals surface area contributed by atoms with Crippen LogP contribution in [0.3, 0.4) is 0 Å². The topological polar surface area (TPSA) is 46.5 Å². The van der Waals surface area contributed by atoms with Gasteiger partial charge in [-0.15, -0.1) is 0 Å². The molecule has 0 amide bonds. The molecule has 0 fully saturated rings. The van der Waals surface area contributed by atoms with E-state index in [0.29, 0.717) is 24.0 Å². The van der Waals surface area contributed by atoms with Crippen molar-refractivity contribution in [2.24, 2.45) is 0 Å². The monoisotopic (exact) mass is 166 g/mol. The third-order valence-electron chi connectivity index (χ3n) is 1.57. The Kier molecular flexibility index (Phi) is 2.69. The minimum atomic E-state index is -0.00616. The Balaban J connectivity index is 2.92. The summed E-state index contributed by atoms with van der Waals surface area (Å²) in [5.74, 6) is 0.399. The molecular weight excluding hydrogens is 156 g/mol. The molecule has 0 aromatic heterocycles. The Morgan fingerprint density at radius 2 is 2.33 bits per heavy atom. The molecule has 1 N–H and O–H groups in total. The highest BCUT2D eigenvalue weighted by Crippen LogP contribution is 2.15. The molecule has 0 saturated heterocycles. The van der Waals surface area contributed by atoms with E-state index in [1.807, 2.05) is 0 Å². The molecule has 0 saturated carbocycles. The lowest BCUT2D eigenvalue weighted by molar-refractivity contribution is -0.104. The molecule has 0 spiro atoms. The number of hydrogen-bond donors (Lipinski definition) is 1. The molecule has 0 aliphatic heterocycles. The van der Waals surface area contributed by atoms with Crippen molar-refractivity contribution in [2.45, 2.75) is 6.42 Å². The fourth-order valence-corrected chi connectivity index (χ4v) is 0.965. The molecule has 0 heterocycles. The van der Waals surface area contributed by atoms with Crippen LogP contribution in [0.5, 0.6) is 0 Å². The number of ether oxygens (including phenoxy) is 1. The molecule has 1 rings (SSSR count). The van der Waals surface area contributed by atoms with E-state index in [9.17, 15) is 9.90 Å². The fourth-order valence-electron chi connectivity index (χ4n) is 0.965. The van der Waals surface area contributed by atoms with E-state index >= 15 is 0 Å². The van der Waals surface area contributed by atoms with Crippen LogP contribution in [0.2, 0.25) is 0 Å². The van der Waals surface area contributed by atoms with Crippen LogP contribution in [0.25, 0.3) is 0 Å². The molecule has 64 valence electrons. The van der Waals surface area contributed by atoms with Gasteiger partial charge in [-0.3, -0.25) is 4.79 Å². The van der Waals surface area contributed by atoms with Gasteiger partial charge in [0.1, 0.15) is 6.29 Å². The number of methoxy groups -OCH3 is 1. The Morgan fingerprint density at radius 3 is 2.92 bits per heavy atom. The summed E-state index contributed by atoms with van der Waals surface area (Å²) in [5, 5.41) is 9.32. The van der Waals surface area contributed by atoms with Crippen LogP contribution >= 0.6 is 0 Å². The molecule has 0 aromatic rings. The van der Waals surface area contributed by atoms with Crippen LogP contribution in [-0.2, 0) is 9.53 Å². The van der Waals surface area contributed by atoms with Gasteiger partial charge in [0.25, 0.3) is 0 Å². The molecule has 12 heavy (non-hydrogen) atoms. The number of carbonyl (C=O) groups is 1. The molecule has 0 atom stereocenters. The summed E-state index contributed by atoms with van der Waals surface area (Å²) in [6.45, 7) is 0. The molecule has 1 aliphatic carbocycles. The van der Waals surface area contributed by atoms with Crippen molar-refractivity contribution in [3.05, 3.63) is 35.3 Å². The summed E-state index contributed by atoms with van der Waals surface area (Å²) in [4.78, 5) is 10.4. The Labute approximate surface area is 70.7 Å². The van der Waals surface area contributed by atoms with E-state index < -0.39 is 0 Å². The van der Waals surface area contributed by atoms with Crippen LogP contribution in [0.4, 0.5) is 0 Å². The number of aldehydes is 1. The predicted molar refractivity (Wildman–Crippen MR) is 44.6 cm³/mol. The second-order valence-corrected chi connectivity index (χ2v) is 2.36. The van der Waals surface area contributed by atoms with Gasteiger partial charge in [-0.1, -0.05) is 6.08 Å². The number of hydrogen-bond acceptors (Lipinski definition) is 3. The molecule has 3 heteroatoms. The normalized spacial score (nSPS) is 16.9. The zero-order valence-electron chi connectivity index (χ0n) is 6.78. The Morgan fingerprint density at radius 1 is 1.58 bits per heavy atom. The summed E-state index contributed by atoms with van der Waals surface area (Å²) in [6, 6.07) is 0. The average Bonchev–Trinajstić information content (AvgIpc) is 2.26.